The molecule has 0 N–H and O–H groups in total. The summed E-state index contributed by atoms with van der Waals surface area (Å²) in [5.74, 6) is 0.178. The van der Waals surface area contributed by atoms with Crippen LogP contribution in [-0.4, -0.2) is 5.78 Å². The van der Waals surface area contributed by atoms with Gasteiger partial charge in [-0.25, -0.2) is 0 Å². The number of rotatable bonds is 3. The van der Waals surface area contributed by atoms with E-state index in [-0.39, 0.29) is 5.78 Å². The Kier molecular flexibility index (Phi) is 3.41. The first-order valence-corrected chi connectivity index (χ1v) is 6.93. The lowest BCUT2D eigenvalue weighted by Crippen LogP contribution is -2.07. The van der Waals surface area contributed by atoms with Crippen LogP contribution in [-0.2, 0) is 24.4 Å². The maximum Gasteiger partial charge on any atom is 0.167 e. The summed E-state index contributed by atoms with van der Waals surface area (Å²) in [7, 11) is 0. The van der Waals surface area contributed by atoms with Crippen molar-refractivity contribution in [2.45, 2.75) is 33.5 Å². The Morgan fingerprint density at radius 2 is 1.75 bits per heavy atom. The Balaban J connectivity index is 1.86. The highest BCUT2D eigenvalue weighted by Gasteiger charge is 2.15. The summed E-state index contributed by atoms with van der Waals surface area (Å²) >= 11 is 0. The van der Waals surface area contributed by atoms with Crippen molar-refractivity contribution in [1.82, 2.24) is 0 Å². The van der Waals surface area contributed by atoms with Crippen LogP contribution in [0.5, 0.6) is 0 Å². The first-order chi connectivity index (χ1) is 9.65. The van der Waals surface area contributed by atoms with Crippen molar-refractivity contribution >= 4 is 5.78 Å². The van der Waals surface area contributed by atoms with E-state index in [9.17, 15) is 4.79 Å². The predicted molar refractivity (Wildman–Crippen MR) is 78.9 cm³/mol. The van der Waals surface area contributed by atoms with Gasteiger partial charge >= 0.3 is 0 Å². The molecule has 0 unspecified atom stereocenters. The molecule has 20 heavy (non-hydrogen) atoms. The van der Waals surface area contributed by atoms with Crippen molar-refractivity contribution in [2.24, 2.45) is 0 Å². The Bertz CT molecular complexity index is 651. The Hall–Kier alpha value is -1.93. The molecule has 2 heteroatoms. The molecule has 2 aromatic carbocycles. The largest absolute Gasteiger partial charge is 0.372 e. The number of ketones is 1. The van der Waals surface area contributed by atoms with Crippen LogP contribution in [0, 0.1) is 13.8 Å². The van der Waals surface area contributed by atoms with Crippen LogP contribution < -0.4 is 0 Å². The third kappa shape index (κ3) is 2.39. The van der Waals surface area contributed by atoms with Crippen LogP contribution in [0.25, 0.3) is 0 Å². The molecule has 0 saturated carbocycles. The highest BCUT2D eigenvalue weighted by atomic mass is 16.5. The van der Waals surface area contributed by atoms with Gasteiger partial charge in [-0.05, 0) is 47.7 Å². The summed E-state index contributed by atoms with van der Waals surface area (Å²) in [5.41, 5.74) is 6.66. The second kappa shape index (κ2) is 5.22. The minimum Gasteiger partial charge on any atom is -0.372 e. The Labute approximate surface area is 119 Å². The number of aryl methyl sites for hydroxylation is 2. The molecular weight excluding hydrogens is 248 g/mol. The Morgan fingerprint density at radius 3 is 2.50 bits per heavy atom. The van der Waals surface area contributed by atoms with Crippen molar-refractivity contribution in [2.75, 3.05) is 0 Å². The summed E-state index contributed by atoms with van der Waals surface area (Å²) in [6, 6.07) is 12.1. The van der Waals surface area contributed by atoms with Gasteiger partial charge in [0, 0.05) is 12.0 Å². The van der Waals surface area contributed by atoms with Gasteiger partial charge in [0.05, 0.1) is 13.2 Å². The van der Waals surface area contributed by atoms with E-state index in [4.69, 9.17) is 4.74 Å². The maximum absolute atomic E-state index is 12.5. The molecule has 1 aliphatic heterocycles. The molecular formula is C18H18O2. The second-order valence-electron chi connectivity index (χ2n) is 5.45. The minimum absolute atomic E-state index is 0.178. The van der Waals surface area contributed by atoms with Crippen LogP contribution in [0.3, 0.4) is 0 Å². The van der Waals surface area contributed by atoms with Gasteiger partial charge in [0.15, 0.2) is 5.78 Å². The molecule has 0 aliphatic carbocycles. The molecule has 3 rings (SSSR count). The molecule has 0 fully saturated rings. The van der Waals surface area contributed by atoms with Crippen molar-refractivity contribution in [3.05, 3.63) is 69.8 Å². The van der Waals surface area contributed by atoms with E-state index in [1.807, 2.05) is 24.3 Å². The molecule has 0 radical (unpaired) electrons. The van der Waals surface area contributed by atoms with Crippen molar-refractivity contribution in [3.63, 3.8) is 0 Å². The summed E-state index contributed by atoms with van der Waals surface area (Å²) in [5, 5.41) is 0. The van der Waals surface area contributed by atoms with Crippen LogP contribution in [0.4, 0.5) is 0 Å². The van der Waals surface area contributed by atoms with Gasteiger partial charge in [-0.15, -0.1) is 0 Å². The molecule has 102 valence electrons. The molecule has 0 spiro atoms. The minimum atomic E-state index is 0.178. The molecule has 1 aliphatic rings. The molecule has 0 saturated heterocycles. The fraction of sp³-hybridized carbons (Fsp3) is 0.278. The molecule has 0 aromatic heterocycles. The first kappa shape index (κ1) is 13.1. The fourth-order valence-electron chi connectivity index (χ4n) is 2.74. The van der Waals surface area contributed by atoms with Gasteiger partial charge in [-0.3, -0.25) is 4.79 Å². The highest BCUT2D eigenvalue weighted by Crippen LogP contribution is 2.22. The molecule has 2 aromatic rings. The zero-order valence-electron chi connectivity index (χ0n) is 11.9. The number of Topliss-reactive ketones (excluding diaryl/α,β-unsaturated/α-hetero) is 1. The van der Waals surface area contributed by atoms with Gasteiger partial charge < -0.3 is 4.74 Å². The molecule has 2 nitrogen and oxygen atoms in total. The summed E-state index contributed by atoms with van der Waals surface area (Å²) in [6.07, 6.45) is 0.470. The van der Waals surface area contributed by atoms with E-state index in [2.05, 4.69) is 26.0 Å². The summed E-state index contributed by atoms with van der Waals surface area (Å²) in [6.45, 7) is 5.42. The molecule has 1 heterocycles. The van der Waals surface area contributed by atoms with Crippen LogP contribution in [0.1, 0.15) is 38.2 Å². The van der Waals surface area contributed by atoms with Gasteiger partial charge in [0.2, 0.25) is 0 Å². The maximum atomic E-state index is 12.5. The van der Waals surface area contributed by atoms with Gasteiger partial charge in [0.1, 0.15) is 0 Å². The van der Waals surface area contributed by atoms with E-state index in [1.165, 1.54) is 16.7 Å². The standard InChI is InChI=1S/C18H18O2/c1-12-4-3-5-13(2)17(12)9-18(19)14-6-7-15-10-20-11-16(15)8-14/h3-8H,9-11H2,1-2H3. The summed E-state index contributed by atoms with van der Waals surface area (Å²) < 4.78 is 5.39. The predicted octanol–water partition coefficient (Wildman–Crippen LogP) is 3.76. The highest BCUT2D eigenvalue weighted by molar-refractivity contribution is 5.98. The normalized spacial score (nSPS) is 13.3. The van der Waals surface area contributed by atoms with Crippen molar-refractivity contribution in [1.29, 1.82) is 0 Å². The van der Waals surface area contributed by atoms with E-state index < -0.39 is 0 Å². The topological polar surface area (TPSA) is 26.3 Å². The van der Waals surface area contributed by atoms with Gasteiger partial charge in [-0.1, -0.05) is 30.3 Å². The average Bonchev–Trinajstić information content (AvgIpc) is 2.90. The smallest absolute Gasteiger partial charge is 0.167 e. The number of fused-ring (bicyclic) bond motifs is 1. The number of hydrogen-bond donors (Lipinski definition) is 0. The lowest BCUT2D eigenvalue weighted by Gasteiger charge is -2.09. The lowest BCUT2D eigenvalue weighted by atomic mass is 9.94. The number of carbonyl (C=O) groups excluding carboxylic acids is 1. The average molecular weight is 266 g/mol. The summed E-state index contributed by atoms with van der Waals surface area (Å²) in [4.78, 5) is 12.5. The number of benzene rings is 2. The van der Waals surface area contributed by atoms with Crippen molar-refractivity contribution in [3.8, 4) is 0 Å². The number of hydrogen-bond acceptors (Lipinski definition) is 2. The number of ether oxygens (including phenoxy) is 1. The Morgan fingerprint density at radius 1 is 1.05 bits per heavy atom. The van der Waals surface area contributed by atoms with E-state index in [0.29, 0.717) is 19.6 Å². The SMILES string of the molecule is Cc1cccc(C)c1CC(=O)c1ccc2c(c1)COC2. The first-order valence-electron chi connectivity index (χ1n) is 6.93. The molecule has 0 bridgehead atoms. The van der Waals surface area contributed by atoms with Gasteiger partial charge in [-0.2, -0.15) is 0 Å². The zero-order valence-corrected chi connectivity index (χ0v) is 11.9. The molecule has 0 amide bonds. The number of carbonyl (C=O) groups is 1. The van der Waals surface area contributed by atoms with Crippen LogP contribution in [0.2, 0.25) is 0 Å². The molecule has 0 atom stereocenters. The second-order valence-corrected chi connectivity index (χ2v) is 5.45. The fourth-order valence-corrected chi connectivity index (χ4v) is 2.74. The van der Waals surface area contributed by atoms with E-state index in [1.54, 1.807) is 0 Å². The van der Waals surface area contributed by atoms with Crippen LogP contribution in [0.15, 0.2) is 36.4 Å². The zero-order chi connectivity index (χ0) is 14.1. The van der Waals surface area contributed by atoms with E-state index >= 15 is 0 Å². The monoisotopic (exact) mass is 266 g/mol. The quantitative estimate of drug-likeness (QED) is 0.791. The van der Waals surface area contributed by atoms with Gasteiger partial charge in [0.25, 0.3) is 0 Å². The van der Waals surface area contributed by atoms with Crippen LogP contribution >= 0.6 is 0 Å². The third-order valence-electron chi connectivity index (χ3n) is 4.03. The van der Waals surface area contributed by atoms with Crippen molar-refractivity contribution < 1.29 is 9.53 Å². The third-order valence-corrected chi connectivity index (χ3v) is 4.03. The lowest BCUT2D eigenvalue weighted by molar-refractivity contribution is 0.0992. The van der Waals surface area contributed by atoms with E-state index in [0.717, 1.165) is 16.7 Å².